The lowest BCUT2D eigenvalue weighted by Gasteiger charge is -2.37. The maximum atomic E-state index is 5.19. The Morgan fingerprint density at radius 2 is 2.16 bits per heavy atom. The second-order valence-corrected chi connectivity index (χ2v) is 6.87. The van der Waals surface area contributed by atoms with Gasteiger partial charge in [0.2, 0.25) is 0 Å². The van der Waals surface area contributed by atoms with Crippen LogP contribution >= 0.6 is 0 Å². The summed E-state index contributed by atoms with van der Waals surface area (Å²) in [5.74, 6) is 0.812. The quantitative estimate of drug-likeness (QED) is 0.734. The highest BCUT2D eigenvalue weighted by Gasteiger charge is 2.25. The summed E-state index contributed by atoms with van der Waals surface area (Å²) in [5, 5.41) is 3.76. The molecule has 0 aromatic carbocycles. The Balaban J connectivity index is 2.31. The van der Waals surface area contributed by atoms with Crippen molar-refractivity contribution in [3.05, 3.63) is 0 Å². The number of rotatable bonds is 8. The van der Waals surface area contributed by atoms with Crippen LogP contribution in [0.2, 0.25) is 0 Å². The van der Waals surface area contributed by atoms with E-state index >= 15 is 0 Å². The third-order valence-electron chi connectivity index (χ3n) is 4.58. The van der Waals surface area contributed by atoms with Crippen molar-refractivity contribution in [1.82, 2.24) is 10.2 Å². The molecule has 1 N–H and O–H groups in total. The zero-order chi connectivity index (χ0) is 14.3. The van der Waals surface area contributed by atoms with Crippen LogP contribution in [0.5, 0.6) is 0 Å². The molecule has 0 saturated carbocycles. The Labute approximate surface area is 120 Å². The van der Waals surface area contributed by atoms with Gasteiger partial charge >= 0.3 is 0 Å². The summed E-state index contributed by atoms with van der Waals surface area (Å²) >= 11 is 0. The minimum Gasteiger partial charge on any atom is -0.385 e. The molecular formula is C16H34N2O. The lowest BCUT2D eigenvalue weighted by Crippen LogP contribution is -2.46. The van der Waals surface area contributed by atoms with Crippen LogP contribution in [0.15, 0.2) is 0 Å². The lowest BCUT2D eigenvalue weighted by molar-refractivity contribution is 0.133. The Morgan fingerprint density at radius 3 is 2.79 bits per heavy atom. The molecule has 1 heterocycles. The van der Waals surface area contributed by atoms with Gasteiger partial charge in [0.15, 0.2) is 0 Å². The molecule has 1 fully saturated rings. The molecular weight excluding hydrogens is 236 g/mol. The molecule has 0 aromatic heterocycles. The van der Waals surface area contributed by atoms with Gasteiger partial charge in [-0.15, -0.1) is 0 Å². The number of likely N-dealkylation sites (tertiary alicyclic amines) is 1. The second kappa shape index (κ2) is 8.23. The van der Waals surface area contributed by atoms with Gasteiger partial charge in [0.25, 0.3) is 0 Å². The van der Waals surface area contributed by atoms with Gasteiger partial charge in [0.1, 0.15) is 0 Å². The van der Waals surface area contributed by atoms with Crippen LogP contribution < -0.4 is 5.32 Å². The van der Waals surface area contributed by atoms with Gasteiger partial charge in [-0.2, -0.15) is 0 Å². The smallest absolute Gasteiger partial charge is 0.0467 e. The maximum Gasteiger partial charge on any atom is 0.0467 e. The monoisotopic (exact) mass is 270 g/mol. The van der Waals surface area contributed by atoms with Crippen molar-refractivity contribution in [2.75, 3.05) is 39.9 Å². The van der Waals surface area contributed by atoms with Gasteiger partial charge in [0.05, 0.1) is 0 Å². The van der Waals surface area contributed by atoms with E-state index in [1.807, 2.05) is 0 Å². The third kappa shape index (κ3) is 6.24. The highest BCUT2D eigenvalue weighted by atomic mass is 16.5. The molecule has 0 spiro atoms. The minimum atomic E-state index is 0.323. The van der Waals surface area contributed by atoms with E-state index in [0.29, 0.717) is 11.5 Å². The average Bonchev–Trinajstić information content (AvgIpc) is 2.43. The highest BCUT2D eigenvalue weighted by molar-refractivity contribution is 4.82. The molecule has 1 saturated heterocycles. The largest absolute Gasteiger partial charge is 0.385 e. The van der Waals surface area contributed by atoms with E-state index < -0.39 is 0 Å². The van der Waals surface area contributed by atoms with Crippen molar-refractivity contribution in [3.8, 4) is 0 Å². The summed E-state index contributed by atoms with van der Waals surface area (Å²) in [6, 6.07) is 0.621. The van der Waals surface area contributed by atoms with E-state index in [2.05, 4.69) is 37.9 Å². The van der Waals surface area contributed by atoms with Crippen molar-refractivity contribution in [1.29, 1.82) is 0 Å². The normalized spacial score (nSPS) is 23.5. The first-order chi connectivity index (χ1) is 8.98. The molecule has 2 unspecified atom stereocenters. The number of nitrogens with one attached hydrogen (secondary N) is 1. The summed E-state index contributed by atoms with van der Waals surface area (Å²) in [5.41, 5.74) is 0.323. The number of piperidine rings is 1. The van der Waals surface area contributed by atoms with Gasteiger partial charge in [0, 0.05) is 32.8 Å². The van der Waals surface area contributed by atoms with Crippen molar-refractivity contribution in [2.24, 2.45) is 11.3 Å². The van der Waals surface area contributed by atoms with E-state index in [1.165, 1.54) is 32.5 Å². The Hall–Kier alpha value is -0.120. The molecule has 3 heteroatoms. The standard InChI is InChI=1S/C16H34N2O/c1-6-18-10-7-8-15(12-18)14(2)17-13-16(3,4)9-11-19-5/h14-15,17H,6-13H2,1-5H3. The highest BCUT2D eigenvalue weighted by Crippen LogP contribution is 2.22. The predicted octanol–water partition coefficient (Wildman–Crippen LogP) is 2.76. The second-order valence-electron chi connectivity index (χ2n) is 6.87. The fourth-order valence-electron chi connectivity index (χ4n) is 2.86. The Morgan fingerprint density at radius 1 is 1.42 bits per heavy atom. The number of hydrogen-bond acceptors (Lipinski definition) is 3. The third-order valence-corrected chi connectivity index (χ3v) is 4.58. The molecule has 1 aliphatic heterocycles. The molecule has 0 amide bonds. The number of methoxy groups -OCH3 is 1. The first-order valence-corrected chi connectivity index (χ1v) is 7.93. The van der Waals surface area contributed by atoms with E-state index in [9.17, 15) is 0 Å². The van der Waals surface area contributed by atoms with Crippen molar-refractivity contribution < 1.29 is 4.74 Å². The lowest BCUT2D eigenvalue weighted by atomic mass is 9.87. The van der Waals surface area contributed by atoms with Gasteiger partial charge < -0.3 is 15.0 Å². The van der Waals surface area contributed by atoms with Crippen molar-refractivity contribution >= 4 is 0 Å². The maximum absolute atomic E-state index is 5.19. The molecule has 0 aliphatic carbocycles. The van der Waals surface area contributed by atoms with Crippen LogP contribution in [0.1, 0.15) is 47.0 Å². The molecule has 0 aromatic rings. The summed E-state index contributed by atoms with van der Waals surface area (Å²) in [4.78, 5) is 2.59. The number of nitrogens with zero attached hydrogens (tertiary/aromatic N) is 1. The van der Waals surface area contributed by atoms with Crippen LogP contribution in [0.3, 0.4) is 0 Å². The summed E-state index contributed by atoms with van der Waals surface area (Å²) < 4.78 is 5.19. The van der Waals surface area contributed by atoms with Crippen molar-refractivity contribution in [3.63, 3.8) is 0 Å². The first-order valence-electron chi connectivity index (χ1n) is 7.93. The molecule has 0 radical (unpaired) electrons. The number of hydrogen-bond donors (Lipinski definition) is 1. The van der Waals surface area contributed by atoms with E-state index in [4.69, 9.17) is 4.74 Å². The molecule has 1 aliphatic rings. The topological polar surface area (TPSA) is 24.5 Å². The summed E-state index contributed by atoms with van der Waals surface area (Å²) in [6.45, 7) is 15.0. The Kier molecular flexibility index (Phi) is 7.33. The molecule has 0 bridgehead atoms. The van der Waals surface area contributed by atoms with Crippen molar-refractivity contribution in [2.45, 2.75) is 53.0 Å². The van der Waals surface area contributed by atoms with Gasteiger partial charge in [-0.05, 0) is 50.6 Å². The Bertz CT molecular complexity index is 243. The van der Waals surface area contributed by atoms with Crippen LogP contribution in [0.25, 0.3) is 0 Å². The molecule has 2 atom stereocenters. The fraction of sp³-hybridized carbons (Fsp3) is 1.00. The van der Waals surface area contributed by atoms with Gasteiger partial charge in [-0.25, -0.2) is 0 Å². The zero-order valence-electron chi connectivity index (χ0n) is 13.7. The molecule has 19 heavy (non-hydrogen) atoms. The first kappa shape index (κ1) is 16.9. The van der Waals surface area contributed by atoms with Crippen LogP contribution in [-0.2, 0) is 4.74 Å². The van der Waals surface area contributed by atoms with Crippen LogP contribution in [0, 0.1) is 11.3 Å². The molecule has 114 valence electrons. The predicted molar refractivity (Wildman–Crippen MR) is 82.6 cm³/mol. The fourth-order valence-corrected chi connectivity index (χ4v) is 2.86. The summed E-state index contributed by atoms with van der Waals surface area (Å²) in [6.07, 6.45) is 3.86. The van der Waals surface area contributed by atoms with Crippen LogP contribution in [0.4, 0.5) is 0 Å². The molecule has 3 nitrogen and oxygen atoms in total. The van der Waals surface area contributed by atoms with E-state index in [0.717, 1.165) is 25.5 Å². The van der Waals surface area contributed by atoms with E-state index in [-0.39, 0.29) is 0 Å². The SMILES string of the molecule is CCN1CCCC(C(C)NCC(C)(C)CCOC)C1. The molecule has 1 rings (SSSR count). The zero-order valence-corrected chi connectivity index (χ0v) is 13.7. The summed E-state index contributed by atoms with van der Waals surface area (Å²) in [7, 11) is 1.79. The number of ether oxygens (including phenoxy) is 1. The van der Waals surface area contributed by atoms with Gasteiger partial charge in [-0.3, -0.25) is 0 Å². The average molecular weight is 270 g/mol. The van der Waals surface area contributed by atoms with Gasteiger partial charge in [-0.1, -0.05) is 20.8 Å². The minimum absolute atomic E-state index is 0.323. The van der Waals surface area contributed by atoms with E-state index in [1.54, 1.807) is 7.11 Å². The van der Waals surface area contributed by atoms with Crippen LogP contribution in [-0.4, -0.2) is 50.8 Å².